The van der Waals surface area contributed by atoms with Crippen LogP contribution in [0.4, 0.5) is 11.9 Å². The van der Waals surface area contributed by atoms with E-state index in [-0.39, 0.29) is 5.95 Å². The first-order valence-corrected chi connectivity index (χ1v) is 2.89. The van der Waals surface area contributed by atoms with Crippen molar-refractivity contribution in [3.05, 3.63) is 16.7 Å². The highest BCUT2D eigenvalue weighted by molar-refractivity contribution is 5.35. The zero-order valence-electron chi connectivity index (χ0n) is 5.97. The number of rotatable bonds is 3. The Bertz CT molecular complexity index is 317. The van der Waals surface area contributed by atoms with Crippen LogP contribution in [-0.4, -0.2) is 19.7 Å². The molecule has 0 aromatic carbocycles. The van der Waals surface area contributed by atoms with Crippen LogP contribution in [-0.2, 0) is 0 Å². The summed E-state index contributed by atoms with van der Waals surface area (Å²) in [5.74, 6) is 4.54. The van der Waals surface area contributed by atoms with Gasteiger partial charge in [0.2, 0.25) is 0 Å². The van der Waals surface area contributed by atoms with Crippen LogP contribution < -0.4 is 11.3 Å². The number of nitrogens with one attached hydrogen (secondary N) is 1. The molecule has 0 aliphatic rings. The van der Waals surface area contributed by atoms with Gasteiger partial charge in [-0.2, -0.15) is 0 Å². The molecule has 0 atom stereocenters. The lowest BCUT2D eigenvalue weighted by atomic mass is 10.9. The Morgan fingerprint density at radius 3 is 2.83 bits per heavy atom. The number of nitrogens with zero attached hydrogens (tertiary/aromatic N) is 4. The van der Waals surface area contributed by atoms with Crippen LogP contribution in [0.15, 0.2) is 6.58 Å². The fourth-order valence-electron chi connectivity index (χ4n) is 0.615. The number of hydrogen-bond acceptors (Lipinski definition) is 6. The molecular weight excluding hydrogens is 164 g/mol. The molecule has 0 fully saturated rings. The smallest absolute Gasteiger partial charge is 0.390 e. The van der Waals surface area contributed by atoms with Crippen LogP contribution in [0.1, 0.15) is 0 Å². The Balaban J connectivity index is 3.13. The predicted molar refractivity (Wildman–Crippen MR) is 40.9 cm³/mol. The topological polar surface area (TPSA) is 112 Å². The van der Waals surface area contributed by atoms with Crippen molar-refractivity contribution < 1.29 is 4.92 Å². The van der Waals surface area contributed by atoms with E-state index in [4.69, 9.17) is 5.84 Å². The van der Waals surface area contributed by atoms with Crippen LogP contribution in [0.5, 0.6) is 0 Å². The summed E-state index contributed by atoms with van der Waals surface area (Å²) in [7, 11) is 0. The number of hydrogen-bond donors (Lipinski definition) is 2. The zero-order chi connectivity index (χ0) is 9.14. The monoisotopic (exact) mass is 170 g/mol. The molecule has 0 saturated carbocycles. The lowest BCUT2D eigenvalue weighted by Crippen LogP contribution is -2.11. The Morgan fingerprint density at radius 2 is 2.50 bits per heavy atom. The Hall–Kier alpha value is -1.96. The first kappa shape index (κ1) is 8.14. The normalized spacial score (nSPS) is 9.42. The molecule has 12 heavy (non-hydrogen) atoms. The maximum absolute atomic E-state index is 10.2. The average molecular weight is 170 g/mol. The number of hydrazine groups is 1. The summed E-state index contributed by atoms with van der Waals surface area (Å²) in [6.45, 7) is 3.35. The van der Waals surface area contributed by atoms with E-state index in [1.165, 1.54) is 6.20 Å². The highest BCUT2D eigenvalue weighted by atomic mass is 16.6. The van der Waals surface area contributed by atoms with E-state index in [2.05, 4.69) is 22.1 Å². The molecule has 8 nitrogen and oxygen atoms in total. The van der Waals surface area contributed by atoms with E-state index >= 15 is 0 Å². The molecule has 1 rings (SSSR count). The van der Waals surface area contributed by atoms with Gasteiger partial charge in [0.05, 0.1) is 0 Å². The molecule has 8 heteroatoms. The molecule has 3 N–H and O–H groups in total. The van der Waals surface area contributed by atoms with Crippen LogP contribution >= 0.6 is 0 Å². The highest BCUT2D eigenvalue weighted by Crippen LogP contribution is 2.08. The summed E-state index contributed by atoms with van der Waals surface area (Å²) in [5, 5.41) is 13.6. The summed E-state index contributed by atoms with van der Waals surface area (Å²) in [6.07, 6.45) is 1.25. The van der Waals surface area contributed by atoms with Gasteiger partial charge in [-0.05, 0) is 9.91 Å². The minimum absolute atomic E-state index is 0.0664. The van der Waals surface area contributed by atoms with Crippen LogP contribution in [0.25, 0.3) is 6.20 Å². The Labute approximate surface area is 66.8 Å². The fraction of sp³-hybridized carbons (Fsp3) is 0. The number of nitro groups is 1. The van der Waals surface area contributed by atoms with Crippen molar-refractivity contribution in [1.82, 2.24) is 14.8 Å². The van der Waals surface area contributed by atoms with Gasteiger partial charge in [0, 0.05) is 11.3 Å². The predicted octanol–water partition coefficient (Wildman–Crippen LogP) is -0.428. The van der Waals surface area contributed by atoms with Gasteiger partial charge in [-0.1, -0.05) is 6.58 Å². The maximum Gasteiger partial charge on any atom is 0.493 e. The first-order chi connectivity index (χ1) is 5.69. The van der Waals surface area contributed by atoms with Gasteiger partial charge < -0.3 is 10.1 Å². The van der Waals surface area contributed by atoms with Gasteiger partial charge in [0.1, 0.15) is 0 Å². The number of nitrogen functional groups attached to an aromatic ring is 1. The van der Waals surface area contributed by atoms with Crippen molar-refractivity contribution in [3.63, 3.8) is 0 Å². The quantitative estimate of drug-likeness (QED) is 0.361. The molecule has 0 unspecified atom stereocenters. The zero-order valence-corrected chi connectivity index (χ0v) is 5.97. The third-order valence-electron chi connectivity index (χ3n) is 1.09. The molecular formula is C4H6N6O2. The standard InChI is InChI=1S/C4H6N6O2/c1-2-9-3(7-5)6-4(8-9)10(11)12/h2H,1,5H2,(H,6,7,8). The van der Waals surface area contributed by atoms with Crippen LogP contribution in [0.3, 0.4) is 0 Å². The fourth-order valence-corrected chi connectivity index (χ4v) is 0.615. The van der Waals surface area contributed by atoms with Gasteiger partial charge in [-0.25, -0.2) is 5.84 Å². The molecule has 1 aromatic rings. The average Bonchev–Trinajstić information content (AvgIpc) is 2.46. The summed E-state index contributed by atoms with van der Waals surface area (Å²) in [5.41, 5.74) is 2.14. The van der Waals surface area contributed by atoms with Crippen molar-refractivity contribution in [3.8, 4) is 0 Å². The molecule has 0 saturated heterocycles. The minimum Gasteiger partial charge on any atom is -0.390 e. The summed E-state index contributed by atoms with van der Waals surface area (Å²) < 4.78 is 1.07. The van der Waals surface area contributed by atoms with E-state index in [1.807, 2.05) is 0 Å². The van der Waals surface area contributed by atoms with E-state index in [9.17, 15) is 10.1 Å². The Kier molecular flexibility index (Phi) is 2.01. The van der Waals surface area contributed by atoms with Gasteiger partial charge in [-0.3, -0.25) is 5.43 Å². The van der Waals surface area contributed by atoms with E-state index in [1.54, 1.807) is 0 Å². The van der Waals surface area contributed by atoms with Gasteiger partial charge in [0.15, 0.2) is 0 Å². The molecule has 0 bridgehead atoms. The van der Waals surface area contributed by atoms with Crippen molar-refractivity contribution in [2.45, 2.75) is 0 Å². The second kappa shape index (κ2) is 2.96. The SMILES string of the molecule is C=Cn1nc([N+](=O)[O-])nc1NN. The van der Waals surface area contributed by atoms with Gasteiger partial charge in [0.25, 0.3) is 0 Å². The van der Waals surface area contributed by atoms with E-state index in [0.29, 0.717) is 0 Å². The molecule has 0 radical (unpaired) electrons. The molecule has 0 aliphatic heterocycles. The highest BCUT2D eigenvalue weighted by Gasteiger charge is 2.18. The van der Waals surface area contributed by atoms with E-state index in [0.717, 1.165) is 4.68 Å². The van der Waals surface area contributed by atoms with Gasteiger partial charge in [-0.15, -0.1) is 4.68 Å². The van der Waals surface area contributed by atoms with Crippen LogP contribution in [0.2, 0.25) is 0 Å². The summed E-state index contributed by atoms with van der Waals surface area (Å²) in [4.78, 5) is 12.9. The van der Waals surface area contributed by atoms with Crippen LogP contribution in [0, 0.1) is 10.1 Å². The Morgan fingerprint density at radius 1 is 1.83 bits per heavy atom. The maximum atomic E-state index is 10.2. The lowest BCUT2D eigenvalue weighted by Gasteiger charge is -1.88. The second-order valence-corrected chi connectivity index (χ2v) is 1.76. The minimum atomic E-state index is -0.721. The molecule has 0 spiro atoms. The van der Waals surface area contributed by atoms with Crippen molar-refractivity contribution >= 4 is 18.1 Å². The van der Waals surface area contributed by atoms with Gasteiger partial charge >= 0.3 is 11.9 Å². The largest absolute Gasteiger partial charge is 0.493 e. The lowest BCUT2D eigenvalue weighted by molar-refractivity contribution is -0.394. The third kappa shape index (κ3) is 1.22. The number of nitrogens with two attached hydrogens (primary N) is 1. The molecule has 0 aliphatic carbocycles. The number of anilines is 1. The molecule has 1 heterocycles. The number of aromatic nitrogens is 3. The molecule has 1 aromatic heterocycles. The third-order valence-corrected chi connectivity index (χ3v) is 1.09. The molecule has 64 valence electrons. The molecule has 0 amide bonds. The van der Waals surface area contributed by atoms with Crippen molar-refractivity contribution in [1.29, 1.82) is 0 Å². The van der Waals surface area contributed by atoms with Crippen molar-refractivity contribution in [2.75, 3.05) is 5.43 Å². The summed E-state index contributed by atoms with van der Waals surface area (Å²) >= 11 is 0. The van der Waals surface area contributed by atoms with E-state index < -0.39 is 10.9 Å². The second-order valence-electron chi connectivity index (χ2n) is 1.76. The van der Waals surface area contributed by atoms with Crippen molar-refractivity contribution in [2.24, 2.45) is 5.84 Å². The summed E-state index contributed by atoms with van der Waals surface area (Å²) in [6, 6.07) is 0. The first-order valence-electron chi connectivity index (χ1n) is 2.89.